The molecular weight excluding hydrogens is 302 g/mol. The second kappa shape index (κ2) is 6.37. The highest BCUT2D eigenvalue weighted by Gasteiger charge is 2.07. The molecule has 0 unspecified atom stereocenters. The van der Waals surface area contributed by atoms with Gasteiger partial charge in [0, 0.05) is 12.1 Å². The van der Waals surface area contributed by atoms with Gasteiger partial charge in [-0.2, -0.15) is 0 Å². The highest BCUT2D eigenvalue weighted by molar-refractivity contribution is 6.30. The molecule has 0 amide bonds. The minimum absolute atomic E-state index is 0.0786. The molecule has 6 heteroatoms. The van der Waals surface area contributed by atoms with Gasteiger partial charge in [-0.25, -0.2) is 13.6 Å². The fourth-order valence-electron chi connectivity index (χ4n) is 1.54. The summed E-state index contributed by atoms with van der Waals surface area (Å²) in [5.41, 5.74) is 0.374. The van der Waals surface area contributed by atoms with Crippen LogP contribution in [0.4, 0.5) is 8.78 Å². The van der Waals surface area contributed by atoms with Crippen LogP contribution < -0.4 is 4.74 Å². The monoisotopic (exact) mass is 310 g/mol. The summed E-state index contributed by atoms with van der Waals surface area (Å²) in [6.07, 6.45) is 2.15. The van der Waals surface area contributed by atoms with Crippen molar-refractivity contribution in [3.05, 3.63) is 64.7 Å². The molecule has 21 heavy (non-hydrogen) atoms. The van der Waals surface area contributed by atoms with E-state index in [9.17, 15) is 13.6 Å². The van der Waals surface area contributed by atoms with Crippen molar-refractivity contribution in [2.75, 3.05) is 0 Å². The number of benzene rings is 2. The number of aliphatic carboxylic acids is 1. The van der Waals surface area contributed by atoms with Gasteiger partial charge in [0.2, 0.25) is 0 Å². The van der Waals surface area contributed by atoms with Gasteiger partial charge in [0.1, 0.15) is 11.6 Å². The fraction of sp³-hybridized carbons (Fsp3) is 0. The van der Waals surface area contributed by atoms with Gasteiger partial charge in [-0.15, -0.1) is 0 Å². The zero-order chi connectivity index (χ0) is 15.4. The molecule has 0 aliphatic heterocycles. The lowest BCUT2D eigenvalue weighted by atomic mass is 10.2. The summed E-state index contributed by atoms with van der Waals surface area (Å²) in [6, 6.07) is 7.62. The Hall–Kier alpha value is -2.40. The van der Waals surface area contributed by atoms with Crippen molar-refractivity contribution in [3.63, 3.8) is 0 Å². The summed E-state index contributed by atoms with van der Waals surface area (Å²) < 4.78 is 32.1. The highest BCUT2D eigenvalue weighted by atomic mass is 35.5. The van der Waals surface area contributed by atoms with E-state index in [-0.39, 0.29) is 16.5 Å². The maximum Gasteiger partial charge on any atom is 0.328 e. The molecule has 3 nitrogen and oxygen atoms in total. The minimum atomic E-state index is -1.13. The number of carboxylic acids is 1. The Morgan fingerprint density at radius 2 is 1.90 bits per heavy atom. The van der Waals surface area contributed by atoms with Gasteiger partial charge in [-0.3, -0.25) is 0 Å². The van der Waals surface area contributed by atoms with E-state index in [4.69, 9.17) is 21.4 Å². The number of hydrogen-bond acceptors (Lipinski definition) is 2. The normalized spacial score (nSPS) is 10.8. The standard InChI is InChI=1S/C15H9ClF2O3/c16-11-8-10(3-4-12(11)17)21-14-5-1-9(7-13(14)18)2-6-15(19)20/h1-8H,(H,19,20). The van der Waals surface area contributed by atoms with Gasteiger partial charge in [0.25, 0.3) is 0 Å². The van der Waals surface area contributed by atoms with Gasteiger partial charge in [0.15, 0.2) is 11.6 Å². The number of carbonyl (C=O) groups is 1. The van der Waals surface area contributed by atoms with E-state index in [0.29, 0.717) is 5.56 Å². The summed E-state index contributed by atoms with van der Waals surface area (Å²) in [6.45, 7) is 0. The number of ether oxygens (including phenoxy) is 1. The lowest BCUT2D eigenvalue weighted by molar-refractivity contribution is -0.131. The van der Waals surface area contributed by atoms with Gasteiger partial charge in [-0.1, -0.05) is 17.7 Å². The third kappa shape index (κ3) is 4.03. The zero-order valence-electron chi connectivity index (χ0n) is 10.5. The molecule has 0 saturated carbocycles. The maximum atomic E-state index is 13.8. The summed E-state index contributed by atoms with van der Waals surface area (Å²) in [7, 11) is 0. The Balaban J connectivity index is 2.21. The number of hydrogen-bond donors (Lipinski definition) is 1. The van der Waals surface area contributed by atoms with Gasteiger partial charge >= 0.3 is 5.97 Å². The van der Waals surface area contributed by atoms with Gasteiger partial charge in [-0.05, 0) is 35.9 Å². The predicted octanol–water partition coefficient (Wildman–Crippen LogP) is 4.51. The van der Waals surface area contributed by atoms with Crippen LogP contribution in [0, 0.1) is 11.6 Å². The SMILES string of the molecule is O=C(O)C=Cc1ccc(Oc2ccc(F)c(Cl)c2)c(F)c1. The molecule has 0 atom stereocenters. The van der Waals surface area contributed by atoms with Crippen LogP contribution in [0.15, 0.2) is 42.5 Å². The summed E-state index contributed by atoms with van der Waals surface area (Å²) in [4.78, 5) is 10.4. The van der Waals surface area contributed by atoms with E-state index in [1.807, 2.05) is 0 Å². The lowest BCUT2D eigenvalue weighted by Crippen LogP contribution is -1.90. The quantitative estimate of drug-likeness (QED) is 0.845. The average molecular weight is 311 g/mol. The molecule has 0 aromatic heterocycles. The highest BCUT2D eigenvalue weighted by Crippen LogP contribution is 2.28. The van der Waals surface area contributed by atoms with E-state index < -0.39 is 17.6 Å². The molecule has 0 aliphatic rings. The van der Waals surface area contributed by atoms with Crippen molar-refractivity contribution in [2.24, 2.45) is 0 Å². The lowest BCUT2D eigenvalue weighted by Gasteiger charge is -2.08. The van der Waals surface area contributed by atoms with Crippen LogP contribution in [0.5, 0.6) is 11.5 Å². The van der Waals surface area contributed by atoms with Gasteiger partial charge in [0.05, 0.1) is 5.02 Å². The van der Waals surface area contributed by atoms with E-state index in [2.05, 4.69) is 0 Å². The van der Waals surface area contributed by atoms with Crippen LogP contribution in [0.3, 0.4) is 0 Å². The Bertz CT molecular complexity index is 714. The molecule has 0 heterocycles. The van der Waals surface area contributed by atoms with E-state index in [1.165, 1.54) is 30.3 Å². The van der Waals surface area contributed by atoms with Crippen LogP contribution >= 0.6 is 11.6 Å². The van der Waals surface area contributed by atoms with Crippen molar-refractivity contribution in [1.29, 1.82) is 0 Å². The van der Waals surface area contributed by atoms with Crippen LogP contribution in [-0.2, 0) is 4.79 Å². The fourth-order valence-corrected chi connectivity index (χ4v) is 1.71. The van der Waals surface area contributed by atoms with Gasteiger partial charge < -0.3 is 9.84 Å². The molecule has 2 rings (SSSR count). The first-order chi connectivity index (χ1) is 9.95. The molecule has 0 aliphatic carbocycles. The first kappa shape index (κ1) is 15.0. The van der Waals surface area contributed by atoms with E-state index in [1.54, 1.807) is 0 Å². The Labute approximate surface area is 124 Å². The topological polar surface area (TPSA) is 46.5 Å². The second-order valence-corrected chi connectivity index (χ2v) is 4.45. The first-order valence-corrected chi connectivity index (χ1v) is 6.17. The van der Waals surface area contributed by atoms with E-state index in [0.717, 1.165) is 18.2 Å². The van der Waals surface area contributed by atoms with Crippen molar-refractivity contribution in [2.45, 2.75) is 0 Å². The first-order valence-electron chi connectivity index (χ1n) is 5.79. The number of carboxylic acid groups (broad SMARTS) is 1. The molecule has 2 aromatic rings. The van der Waals surface area contributed by atoms with Crippen molar-refractivity contribution >= 4 is 23.6 Å². The Morgan fingerprint density at radius 3 is 2.52 bits per heavy atom. The smallest absolute Gasteiger partial charge is 0.328 e. The molecule has 0 bridgehead atoms. The average Bonchev–Trinajstić information content (AvgIpc) is 2.43. The predicted molar refractivity (Wildman–Crippen MR) is 74.6 cm³/mol. The third-order valence-corrected chi connectivity index (χ3v) is 2.78. The second-order valence-electron chi connectivity index (χ2n) is 4.04. The maximum absolute atomic E-state index is 13.8. The molecule has 108 valence electrons. The Kier molecular flexibility index (Phi) is 4.55. The summed E-state index contributed by atoms with van der Waals surface area (Å²) in [5, 5.41) is 8.36. The van der Waals surface area contributed by atoms with Crippen LogP contribution in [-0.4, -0.2) is 11.1 Å². The minimum Gasteiger partial charge on any atom is -0.478 e. The summed E-state index contributed by atoms with van der Waals surface area (Å²) in [5.74, 6) is -2.29. The molecule has 0 spiro atoms. The van der Waals surface area contributed by atoms with Crippen molar-refractivity contribution in [1.82, 2.24) is 0 Å². The molecule has 2 aromatic carbocycles. The molecule has 0 saturated heterocycles. The van der Waals surface area contributed by atoms with Crippen molar-refractivity contribution in [3.8, 4) is 11.5 Å². The van der Waals surface area contributed by atoms with Crippen molar-refractivity contribution < 1.29 is 23.4 Å². The number of halogens is 3. The van der Waals surface area contributed by atoms with Crippen LogP contribution in [0.2, 0.25) is 5.02 Å². The van der Waals surface area contributed by atoms with E-state index >= 15 is 0 Å². The largest absolute Gasteiger partial charge is 0.478 e. The molecule has 0 fully saturated rings. The molecule has 1 N–H and O–H groups in total. The van der Waals surface area contributed by atoms with Crippen LogP contribution in [0.1, 0.15) is 5.56 Å². The zero-order valence-corrected chi connectivity index (χ0v) is 11.3. The number of rotatable bonds is 4. The molecular formula is C15H9ClF2O3. The third-order valence-electron chi connectivity index (χ3n) is 2.49. The Morgan fingerprint density at radius 1 is 1.14 bits per heavy atom. The summed E-state index contributed by atoms with van der Waals surface area (Å²) >= 11 is 5.60. The van der Waals surface area contributed by atoms with Crippen LogP contribution in [0.25, 0.3) is 6.08 Å². The molecule has 0 radical (unpaired) electrons.